The number of carbonyl (C=O) groups is 1. The number of nitrogens with one attached hydrogen (secondary N) is 2. The molecule has 3 N–H and O–H groups in total. The molecule has 0 bridgehead atoms. The number of para-hydroxylation sites is 1. The molecule has 0 heterocycles. The number of nitrogens with zero attached hydrogens (tertiary/aromatic N) is 1. The first kappa shape index (κ1) is 17.3. The SMILES string of the molecule is COc1cccc(C=NNC(=O)C(C)Nc2ccc(C)cc2)c1O. The van der Waals surface area contributed by atoms with Crippen LogP contribution in [0, 0.1) is 6.92 Å². The first-order valence-electron chi connectivity index (χ1n) is 7.53. The van der Waals surface area contributed by atoms with Gasteiger partial charge in [0.15, 0.2) is 11.5 Å². The van der Waals surface area contributed by atoms with Crippen LogP contribution in [0.2, 0.25) is 0 Å². The van der Waals surface area contributed by atoms with Gasteiger partial charge in [-0.15, -0.1) is 0 Å². The fourth-order valence-corrected chi connectivity index (χ4v) is 2.04. The zero-order chi connectivity index (χ0) is 17.5. The number of amides is 1. The van der Waals surface area contributed by atoms with Crippen molar-refractivity contribution in [2.45, 2.75) is 19.9 Å². The number of phenolic OH excluding ortho intramolecular Hbond substituents is 1. The molecular formula is C18H21N3O3. The maximum Gasteiger partial charge on any atom is 0.262 e. The van der Waals surface area contributed by atoms with Crippen molar-refractivity contribution in [1.29, 1.82) is 0 Å². The highest BCUT2D eigenvalue weighted by atomic mass is 16.5. The maximum atomic E-state index is 12.0. The molecule has 1 unspecified atom stereocenters. The molecule has 0 spiro atoms. The molecule has 1 atom stereocenters. The first-order valence-corrected chi connectivity index (χ1v) is 7.53. The van der Waals surface area contributed by atoms with Gasteiger partial charge in [0.2, 0.25) is 0 Å². The molecule has 0 aliphatic heterocycles. The molecule has 126 valence electrons. The standard InChI is InChI=1S/C18H21N3O3/c1-12-7-9-15(10-8-12)20-13(2)18(23)21-19-11-14-5-4-6-16(24-3)17(14)22/h4-11,13,20,22H,1-3H3,(H,21,23). The Bertz CT molecular complexity index is 727. The van der Waals surface area contributed by atoms with Crippen molar-refractivity contribution in [1.82, 2.24) is 5.43 Å². The summed E-state index contributed by atoms with van der Waals surface area (Å²) in [6, 6.07) is 12.3. The maximum absolute atomic E-state index is 12.0. The summed E-state index contributed by atoms with van der Waals surface area (Å²) in [5.41, 5.74) is 4.91. The van der Waals surface area contributed by atoms with E-state index in [0.717, 1.165) is 11.3 Å². The van der Waals surface area contributed by atoms with Gasteiger partial charge in [-0.05, 0) is 38.1 Å². The Balaban J connectivity index is 1.93. The van der Waals surface area contributed by atoms with Crippen molar-refractivity contribution in [3.05, 3.63) is 53.6 Å². The highest BCUT2D eigenvalue weighted by Gasteiger charge is 2.11. The Morgan fingerprint density at radius 1 is 1.25 bits per heavy atom. The summed E-state index contributed by atoms with van der Waals surface area (Å²) in [7, 11) is 1.47. The number of aromatic hydroxyl groups is 1. The molecule has 2 rings (SSSR count). The molecule has 6 heteroatoms. The van der Waals surface area contributed by atoms with E-state index >= 15 is 0 Å². The van der Waals surface area contributed by atoms with Crippen LogP contribution in [0.3, 0.4) is 0 Å². The Morgan fingerprint density at radius 3 is 2.62 bits per heavy atom. The topological polar surface area (TPSA) is 83.0 Å². The van der Waals surface area contributed by atoms with E-state index in [1.54, 1.807) is 25.1 Å². The number of benzene rings is 2. The van der Waals surface area contributed by atoms with Crippen LogP contribution in [0.5, 0.6) is 11.5 Å². The fourth-order valence-electron chi connectivity index (χ4n) is 2.04. The zero-order valence-corrected chi connectivity index (χ0v) is 13.9. The van der Waals surface area contributed by atoms with Crippen LogP contribution in [-0.4, -0.2) is 30.4 Å². The molecule has 2 aromatic carbocycles. The fraction of sp³-hybridized carbons (Fsp3) is 0.222. The van der Waals surface area contributed by atoms with Gasteiger partial charge in [-0.25, -0.2) is 5.43 Å². The van der Waals surface area contributed by atoms with E-state index in [-0.39, 0.29) is 11.7 Å². The lowest BCUT2D eigenvalue weighted by Gasteiger charge is -2.13. The van der Waals surface area contributed by atoms with Crippen LogP contribution >= 0.6 is 0 Å². The van der Waals surface area contributed by atoms with E-state index in [1.807, 2.05) is 31.2 Å². The number of carbonyl (C=O) groups excluding carboxylic acids is 1. The number of anilines is 1. The minimum Gasteiger partial charge on any atom is -0.504 e. The quantitative estimate of drug-likeness (QED) is 0.563. The zero-order valence-electron chi connectivity index (χ0n) is 13.9. The third-order valence-corrected chi connectivity index (χ3v) is 3.46. The van der Waals surface area contributed by atoms with Crippen molar-refractivity contribution in [2.24, 2.45) is 5.10 Å². The Labute approximate surface area is 141 Å². The van der Waals surface area contributed by atoms with Gasteiger partial charge in [-0.3, -0.25) is 4.79 Å². The van der Waals surface area contributed by atoms with Crippen molar-refractivity contribution in [2.75, 3.05) is 12.4 Å². The molecule has 0 aromatic heterocycles. The lowest BCUT2D eigenvalue weighted by Crippen LogP contribution is -2.34. The number of aryl methyl sites for hydroxylation is 1. The second-order valence-electron chi connectivity index (χ2n) is 5.36. The predicted molar refractivity (Wildman–Crippen MR) is 94.7 cm³/mol. The van der Waals surface area contributed by atoms with E-state index in [0.29, 0.717) is 11.3 Å². The summed E-state index contributed by atoms with van der Waals surface area (Å²) >= 11 is 0. The molecule has 0 aliphatic carbocycles. The Morgan fingerprint density at radius 2 is 1.96 bits per heavy atom. The van der Waals surface area contributed by atoms with Gasteiger partial charge >= 0.3 is 0 Å². The second kappa shape index (κ2) is 8.01. The highest BCUT2D eigenvalue weighted by molar-refractivity contribution is 5.88. The molecular weight excluding hydrogens is 306 g/mol. The smallest absolute Gasteiger partial charge is 0.262 e. The van der Waals surface area contributed by atoms with E-state index in [4.69, 9.17) is 4.74 Å². The Kier molecular flexibility index (Phi) is 5.78. The van der Waals surface area contributed by atoms with Crippen molar-refractivity contribution < 1.29 is 14.6 Å². The molecule has 0 fully saturated rings. The average molecular weight is 327 g/mol. The van der Waals surface area contributed by atoms with Crippen LogP contribution in [0.4, 0.5) is 5.69 Å². The van der Waals surface area contributed by atoms with E-state index in [2.05, 4.69) is 15.8 Å². The average Bonchev–Trinajstić information content (AvgIpc) is 2.58. The summed E-state index contributed by atoms with van der Waals surface area (Å²) in [5.74, 6) is 0.0396. The van der Waals surface area contributed by atoms with E-state index < -0.39 is 6.04 Å². The molecule has 6 nitrogen and oxygen atoms in total. The monoisotopic (exact) mass is 327 g/mol. The molecule has 24 heavy (non-hydrogen) atoms. The third-order valence-electron chi connectivity index (χ3n) is 3.46. The number of hydrogen-bond donors (Lipinski definition) is 3. The van der Waals surface area contributed by atoms with Crippen LogP contribution in [-0.2, 0) is 4.79 Å². The molecule has 0 radical (unpaired) electrons. The van der Waals surface area contributed by atoms with Crippen LogP contribution < -0.4 is 15.5 Å². The van der Waals surface area contributed by atoms with Gasteiger partial charge in [0, 0.05) is 11.3 Å². The number of hydrogen-bond acceptors (Lipinski definition) is 5. The van der Waals surface area contributed by atoms with Crippen LogP contribution in [0.1, 0.15) is 18.1 Å². The highest BCUT2D eigenvalue weighted by Crippen LogP contribution is 2.27. The van der Waals surface area contributed by atoms with Crippen molar-refractivity contribution in [3.63, 3.8) is 0 Å². The van der Waals surface area contributed by atoms with E-state index in [1.165, 1.54) is 13.3 Å². The first-order chi connectivity index (χ1) is 11.5. The minimum absolute atomic E-state index is 0.0242. The van der Waals surface area contributed by atoms with E-state index in [9.17, 15) is 9.90 Å². The number of methoxy groups -OCH3 is 1. The van der Waals surface area contributed by atoms with Crippen LogP contribution in [0.25, 0.3) is 0 Å². The Hall–Kier alpha value is -3.02. The molecule has 0 saturated heterocycles. The van der Waals surface area contributed by atoms with Gasteiger partial charge < -0.3 is 15.2 Å². The van der Waals surface area contributed by atoms with Gasteiger partial charge in [0.25, 0.3) is 5.91 Å². The minimum atomic E-state index is -0.455. The molecule has 0 aliphatic rings. The molecule has 0 saturated carbocycles. The van der Waals surface area contributed by atoms with Crippen LogP contribution in [0.15, 0.2) is 47.6 Å². The summed E-state index contributed by atoms with van der Waals surface area (Å²) in [6.45, 7) is 3.75. The van der Waals surface area contributed by atoms with Gasteiger partial charge in [-0.1, -0.05) is 23.8 Å². The van der Waals surface area contributed by atoms with Gasteiger partial charge in [0.05, 0.1) is 13.3 Å². The third kappa shape index (κ3) is 4.49. The summed E-state index contributed by atoms with van der Waals surface area (Å²) in [5, 5.41) is 16.9. The van der Waals surface area contributed by atoms with Crippen molar-refractivity contribution >= 4 is 17.8 Å². The largest absolute Gasteiger partial charge is 0.504 e. The number of ether oxygens (including phenoxy) is 1. The summed E-state index contributed by atoms with van der Waals surface area (Å²) in [6.07, 6.45) is 1.37. The molecule has 1 amide bonds. The summed E-state index contributed by atoms with van der Waals surface area (Å²) in [4.78, 5) is 12.0. The lowest BCUT2D eigenvalue weighted by molar-refractivity contribution is -0.121. The summed E-state index contributed by atoms with van der Waals surface area (Å²) < 4.78 is 5.02. The van der Waals surface area contributed by atoms with Crippen molar-refractivity contribution in [3.8, 4) is 11.5 Å². The lowest BCUT2D eigenvalue weighted by atomic mass is 10.2. The number of rotatable bonds is 6. The number of hydrazone groups is 1. The predicted octanol–water partition coefficient (Wildman–Crippen LogP) is 2.66. The molecule has 2 aromatic rings. The number of phenols is 1. The normalized spacial score (nSPS) is 12.0. The van der Waals surface area contributed by atoms with Gasteiger partial charge in [-0.2, -0.15) is 5.10 Å². The second-order valence-corrected chi connectivity index (χ2v) is 5.36. The van der Waals surface area contributed by atoms with Gasteiger partial charge in [0.1, 0.15) is 6.04 Å².